The molecule has 2 rings (SSSR count). The zero-order chi connectivity index (χ0) is 11.4. The van der Waals surface area contributed by atoms with Gasteiger partial charge in [-0.3, -0.25) is 0 Å². The summed E-state index contributed by atoms with van der Waals surface area (Å²) in [6.07, 6.45) is 2.33. The third kappa shape index (κ3) is 2.43. The minimum Gasteiger partial charge on any atom is -0.388 e. The van der Waals surface area contributed by atoms with Gasteiger partial charge in [0.2, 0.25) is 0 Å². The second-order valence-electron chi connectivity index (χ2n) is 3.48. The molecule has 0 saturated carbocycles. The van der Waals surface area contributed by atoms with E-state index in [1.54, 1.807) is 23.0 Å². The zero-order valence-electron chi connectivity index (χ0n) is 8.67. The van der Waals surface area contributed by atoms with Gasteiger partial charge in [-0.05, 0) is 24.1 Å². The number of aryl methyl sites for hydroxylation is 2. The Morgan fingerprint density at radius 1 is 1.25 bits per heavy atom. The molecule has 0 spiro atoms. The van der Waals surface area contributed by atoms with Crippen LogP contribution in [0.15, 0.2) is 30.6 Å². The van der Waals surface area contributed by atoms with Gasteiger partial charge in [-0.15, -0.1) is 10.2 Å². The average molecular weight is 221 g/mol. The molecule has 1 aromatic heterocycles. The van der Waals surface area contributed by atoms with Crippen LogP contribution < -0.4 is 0 Å². The molecule has 0 radical (unpaired) electrons. The van der Waals surface area contributed by atoms with E-state index >= 15 is 0 Å². The number of rotatable bonds is 4. The van der Waals surface area contributed by atoms with Crippen molar-refractivity contribution < 1.29 is 9.50 Å². The van der Waals surface area contributed by atoms with E-state index in [1.165, 1.54) is 12.1 Å². The number of aliphatic hydroxyl groups excluding tert-OH is 1. The summed E-state index contributed by atoms with van der Waals surface area (Å²) in [5, 5.41) is 16.4. The third-order valence-corrected chi connectivity index (χ3v) is 2.39. The Labute approximate surface area is 92.4 Å². The van der Waals surface area contributed by atoms with Gasteiger partial charge in [0.15, 0.2) is 5.82 Å². The van der Waals surface area contributed by atoms with E-state index in [1.807, 2.05) is 0 Å². The van der Waals surface area contributed by atoms with Crippen LogP contribution in [0.2, 0.25) is 0 Å². The van der Waals surface area contributed by atoms with Crippen LogP contribution in [0.3, 0.4) is 0 Å². The molecule has 4 nitrogen and oxygen atoms in total. The molecule has 1 aromatic carbocycles. The summed E-state index contributed by atoms with van der Waals surface area (Å²) < 4.78 is 14.4. The summed E-state index contributed by atoms with van der Waals surface area (Å²) in [4.78, 5) is 0. The maximum absolute atomic E-state index is 12.7. The summed E-state index contributed by atoms with van der Waals surface area (Å²) in [7, 11) is 0. The Kier molecular flexibility index (Phi) is 3.26. The fourth-order valence-electron chi connectivity index (χ4n) is 1.49. The zero-order valence-corrected chi connectivity index (χ0v) is 8.67. The lowest BCUT2D eigenvalue weighted by Gasteiger charge is -2.04. The molecule has 0 bridgehead atoms. The van der Waals surface area contributed by atoms with Crippen molar-refractivity contribution in [1.82, 2.24) is 14.8 Å². The van der Waals surface area contributed by atoms with E-state index in [0.717, 1.165) is 12.0 Å². The van der Waals surface area contributed by atoms with Crippen LogP contribution >= 0.6 is 0 Å². The van der Waals surface area contributed by atoms with Crippen LogP contribution in [-0.2, 0) is 19.6 Å². The monoisotopic (exact) mass is 221 g/mol. The SMILES string of the molecule is OCc1nncn1CCc1ccc(F)cc1. The van der Waals surface area contributed by atoms with Gasteiger partial charge in [0.1, 0.15) is 18.8 Å². The van der Waals surface area contributed by atoms with E-state index in [-0.39, 0.29) is 12.4 Å². The van der Waals surface area contributed by atoms with Crippen molar-refractivity contribution in [2.24, 2.45) is 0 Å². The lowest BCUT2D eigenvalue weighted by molar-refractivity contribution is 0.264. The molecule has 1 heterocycles. The first kappa shape index (κ1) is 10.8. The number of aromatic nitrogens is 3. The number of benzene rings is 1. The average Bonchev–Trinajstić information content (AvgIpc) is 2.76. The number of hydrogen-bond acceptors (Lipinski definition) is 3. The summed E-state index contributed by atoms with van der Waals surface area (Å²) in [5.41, 5.74) is 1.04. The van der Waals surface area contributed by atoms with Crippen molar-refractivity contribution in [1.29, 1.82) is 0 Å². The van der Waals surface area contributed by atoms with Gasteiger partial charge in [0.25, 0.3) is 0 Å². The lowest BCUT2D eigenvalue weighted by Crippen LogP contribution is -2.05. The molecule has 0 atom stereocenters. The molecule has 2 aromatic rings. The minimum atomic E-state index is -0.232. The molecule has 84 valence electrons. The van der Waals surface area contributed by atoms with Crippen LogP contribution in [0.25, 0.3) is 0 Å². The quantitative estimate of drug-likeness (QED) is 0.842. The highest BCUT2D eigenvalue weighted by Gasteiger charge is 2.02. The van der Waals surface area contributed by atoms with E-state index in [4.69, 9.17) is 5.11 Å². The van der Waals surface area contributed by atoms with Gasteiger partial charge in [-0.25, -0.2) is 4.39 Å². The third-order valence-electron chi connectivity index (χ3n) is 2.39. The first-order valence-electron chi connectivity index (χ1n) is 5.01. The summed E-state index contributed by atoms with van der Waals surface area (Å²) in [5.74, 6) is 0.311. The Morgan fingerprint density at radius 2 is 2.00 bits per heavy atom. The van der Waals surface area contributed by atoms with Gasteiger partial charge < -0.3 is 9.67 Å². The summed E-state index contributed by atoms with van der Waals surface area (Å²) in [6, 6.07) is 6.37. The van der Waals surface area contributed by atoms with Crippen molar-refractivity contribution in [3.05, 3.63) is 47.8 Å². The summed E-state index contributed by atoms with van der Waals surface area (Å²) >= 11 is 0. The molecule has 0 aliphatic rings. The van der Waals surface area contributed by atoms with Crippen molar-refractivity contribution in [2.75, 3.05) is 0 Å². The molecule has 0 saturated heterocycles. The van der Waals surface area contributed by atoms with Crippen molar-refractivity contribution in [3.8, 4) is 0 Å². The maximum atomic E-state index is 12.7. The molecule has 16 heavy (non-hydrogen) atoms. The Morgan fingerprint density at radius 3 is 2.69 bits per heavy atom. The lowest BCUT2D eigenvalue weighted by atomic mass is 10.1. The predicted molar refractivity (Wildman–Crippen MR) is 56.0 cm³/mol. The highest BCUT2D eigenvalue weighted by molar-refractivity contribution is 5.16. The van der Waals surface area contributed by atoms with Gasteiger partial charge in [0.05, 0.1) is 0 Å². The Balaban J connectivity index is 1.99. The van der Waals surface area contributed by atoms with Crippen LogP contribution in [0.1, 0.15) is 11.4 Å². The topological polar surface area (TPSA) is 50.9 Å². The van der Waals surface area contributed by atoms with E-state index in [0.29, 0.717) is 12.4 Å². The van der Waals surface area contributed by atoms with E-state index in [9.17, 15) is 4.39 Å². The Hall–Kier alpha value is -1.75. The minimum absolute atomic E-state index is 0.122. The van der Waals surface area contributed by atoms with Gasteiger partial charge in [0, 0.05) is 6.54 Å². The van der Waals surface area contributed by atoms with Crippen molar-refractivity contribution in [2.45, 2.75) is 19.6 Å². The van der Waals surface area contributed by atoms with Gasteiger partial charge in [-0.1, -0.05) is 12.1 Å². The normalized spacial score (nSPS) is 10.6. The van der Waals surface area contributed by atoms with Gasteiger partial charge in [-0.2, -0.15) is 0 Å². The standard InChI is InChI=1S/C11H12FN3O/c12-10-3-1-9(2-4-10)5-6-15-8-13-14-11(15)7-16/h1-4,8,16H,5-7H2. The molecule has 0 aliphatic carbocycles. The summed E-state index contributed by atoms with van der Waals surface area (Å²) in [6.45, 7) is 0.554. The van der Waals surface area contributed by atoms with Crippen LogP contribution in [0.4, 0.5) is 4.39 Å². The fourth-order valence-corrected chi connectivity index (χ4v) is 1.49. The molecular formula is C11H12FN3O. The van der Waals surface area contributed by atoms with E-state index < -0.39 is 0 Å². The number of halogens is 1. The van der Waals surface area contributed by atoms with Crippen molar-refractivity contribution >= 4 is 0 Å². The number of aliphatic hydroxyl groups is 1. The molecule has 0 amide bonds. The van der Waals surface area contributed by atoms with Crippen LogP contribution in [0, 0.1) is 5.82 Å². The smallest absolute Gasteiger partial charge is 0.158 e. The molecule has 0 unspecified atom stereocenters. The number of nitrogens with zero attached hydrogens (tertiary/aromatic N) is 3. The first-order valence-corrected chi connectivity index (χ1v) is 5.01. The maximum Gasteiger partial charge on any atom is 0.158 e. The van der Waals surface area contributed by atoms with E-state index in [2.05, 4.69) is 10.2 Å². The number of hydrogen-bond donors (Lipinski definition) is 1. The highest BCUT2D eigenvalue weighted by atomic mass is 19.1. The molecule has 5 heteroatoms. The predicted octanol–water partition coefficient (Wildman–Crippen LogP) is 1.15. The van der Waals surface area contributed by atoms with Crippen LogP contribution in [0.5, 0.6) is 0 Å². The largest absolute Gasteiger partial charge is 0.388 e. The molecular weight excluding hydrogens is 209 g/mol. The Bertz CT molecular complexity index is 453. The second-order valence-corrected chi connectivity index (χ2v) is 3.48. The molecule has 1 N–H and O–H groups in total. The van der Waals surface area contributed by atoms with Crippen LogP contribution in [-0.4, -0.2) is 19.9 Å². The first-order chi connectivity index (χ1) is 7.79. The second kappa shape index (κ2) is 4.85. The fraction of sp³-hybridized carbons (Fsp3) is 0.273. The molecule has 0 aliphatic heterocycles. The van der Waals surface area contributed by atoms with Crippen molar-refractivity contribution in [3.63, 3.8) is 0 Å². The highest BCUT2D eigenvalue weighted by Crippen LogP contribution is 2.05. The van der Waals surface area contributed by atoms with Gasteiger partial charge >= 0.3 is 0 Å². The molecule has 0 fully saturated rings.